The molecule has 36 heavy (non-hydrogen) atoms. The molecule has 7 nitrogen and oxygen atoms in total. The highest BCUT2D eigenvalue weighted by molar-refractivity contribution is 7.98. The van der Waals surface area contributed by atoms with E-state index in [2.05, 4.69) is 45.8 Å². The van der Waals surface area contributed by atoms with E-state index in [1.165, 1.54) is 11.2 Å². The summed E-state index contributed by atoms with van der Waals surface area (Å²) in [5.41, 5.74) is 2.92. The highest BCUT2D eigenvalue weighted by Crippen LogP contribution is 2.29. The highest BCUT2D eigenvalue weighted by atomic mass is 32.2. The van der Waals surface area contributed by atoms with Crippen LogP contribution >= 0.6 is 23.1 Å². The Balaban J connectivity index is 1.52. The molecule has 1 fully saturated rings. The molecule has 5 rings (SSSR count). The van der Waals surface area contributed by atoms with Gasteiger partial charge in [-0.3, -0.25) is 4.79 Å². The van der Waals surface area contributed by atoms with Crippen LogP contribution in [0.15, 0.2) is 57.4 Å². The van der Waals surface area contributed by atoms with Gasteiger partial charge >= 0.3 is 0 Å². The van der Waals surface area contributed by atoms with Crippen LogP contribution in [0.3, 0.4) is 0 Å². The number of benzene rings is 1. The summed E-state index contributed by atoms with van der Waals surface area (Å²) in [5, 5.41) is 4.18. The molecule has 0 radical (unpaired) electrons. The molecule has 0 N–H and O–H groups in total. The Kier molecular flexibility index (Phi) is 7.59. The molecule has 9 heteroatoms. The number of fused-ring (bicyclic) bond motifs is 1. The minimum absolute atomic E-state index is 0.0284. The second-order valence-electron chi connectivity index (χ2n) is 9.04. The number of amides is 1. The molecule has 1 aliphatic heterocycles. The number of aromatic nitrogens is 2. The summed E-state index contributed by atoms with van der Waals surface area (Å²) in [6, 6.07) is 11.9. The number of carbonyl (C=O) groups is 1. The van der Waals surface area contributed by atoms with Gasteiger partial charge in [-0.05, 0) is 56.4 Å². The number of hydrogen-bond acceptors (Lipinski definition) is 8. The molecule has 1 amide bonds. The number of ether oxygens (including phenoxy) is 1. The van der Waals surface area contributed by atoms with Gasteiger partial charge in [0.15, 0.2) is 5.76 Å². The monoisotopic (exact) mass is 522 g/mol. The van der Waals surface area contributed by atoms with E-state index < -0.39 is 0 Å². The van der Waals surface area contributed by atoms with Crippen molar-refractivity contribution in [3.63, 3.8) is 0 Å². The fourth-order valence-electron chi connectivity index (χ4n) is 4.57. The van der Waals surface area contributed by atoms with E-state index in [0.29, 0.717) is 25.4 Å². The lowest BCUT2D eigenvalue weighted by Crippen LogP contribution is -2.37. The van der Waals surface area contributed by atoms with Crippen LogP contribution in [0.1, 0.15) is 39.7 Å². The fraction of sp³-hybridized carbons (Fsp3) is 0.370. The molecule has 4 aromatic rings. The number of carbonyl (C=O) groups excluding carboxylic acids is 1. The highest BCUT2D eigenvalue weighted by Gasteiger charge is 2.27. The van der Waals surface area contributed by atoms with Gasteiger partial charge < -0.3 is 19.0 Å². The standard InChI is InChI=1S/C27H30N4O3S2/c1-18-28-21(17-36-18)15-30(2)26-20(12-19-8-9-23(35-3)13-24(19)29-26)14-31(16-22-6-4-10-33-22)27(32)25-7-5-11-34-25/h5,7-9,11-13,17,22H,4,6,10,14-16H2,1-3H3. The molecule has 0 bridgehead atoms. The number of furan rings is 1. The topological polar surface area (TPSA) is 71.7 Å². The summed E-state index contributed by atoms with van der Waals surface area (Å²) in [7, 11) is 2.03. The van der Waals surface area contributed by atoms with Gasteiger partial charge in [0, 0.05) is 48.0 Å². The molecule has 0 spiro atoms. The van der Waals surface area contributed by atoms with E-state index in [-0.39, 0.29) is 12.0 Å². The molecule has 1 aliphatic rings. The van der Waals surface area contributed by atoms with Gasteiger partial charge in [-0.1, -0.05) is 6.07 Å². The van der Waals surface area contributed by atoms with E-state index >= 15 is 0 Å². The van der Waals surface area contributed by atoms with Gasteiger partial charge in [0.1, 0.15) is 5.82 Å². The van der Waals surface area contributed by atoms with Crippen LogP contribution < -0.4 is 4.90 Å². The zero-order chi connectivity index (χ0) is 25.1. The molecule has 0 aliphatic carbocycles. The summed E-state index contributed by atoms with van der Waals surface area (Å²) in [4.78, 5) is 28.3. The number of anilines is 1. The predicted molar refractivity (Wildman–Crippen MR) is 145 cm³/mol. The van der Waals surface area contributed by atoms with E-state index in [4.69, 9.17) is 14.1 Å². The van der Waals surface area contributed by atoms with Crippen molar-refractivity contribution in [1.82, 2.24) is 14.9 Å². The first kappa shape index (κ1) is 24.8. The third-order valence-electron chi connectivity index (χ3n) is 6.34. The number of thiazole rings is 1. The van der Waals surface area contributed by atoms with Crippen molar-refractivity contribution in [2.45, 2.75) is 43.9 Å². The van der Waals surface area contributed by atoms with E-state index in [1.807, 2.05) is 18.9 Å². The summed E-state index contributed by atoms with van der Waals surface area (Å²) >= 11 is 3.34. The number of hydrogen-bond donors (Lipinski definition) is 0. The molecular weight excluding hydrogens is 492 g/mol. The van der Waals surface area contributed by atoms with Crippen molar-refractivity contribution in [3.05, 3.63) is 70.1 Å². The minimum Gasteiger partial charge on any atom is -0.459 e. The normalized spacial score (nSPS) is 15.5. The zero-order valence-electron chi connectivity index (χ0n) is 20.8. The maximum absolute atomic E-state index is 13.5. The molecule has 0 saturated carbocycles. The van der Waals surface area contributed by atoms with E-state index in [0.717, 1.165) is 52.4 Å². The molecule has 1 unspecified atom stereocenters. The SMILES string of the molecule is CSc1ccc2cc(CN(CC3CCCO3)C(=O)c3ccco3)c(N(C)Cc3csc(C)n3)nc2c1. The Morgan fingerprint density at radius 3 is 2.81 bits per heavy atom. The van der Waals surface area contributed by atoms with Crippen LogP contribution in [0.4, 0.5) is 5.82 Å². The van der Waals surface area contributed by atoms with Gasteiger partial charge in [-0.15, -0.1) is 23.1 Å². The first-order valence-electron chi connectivity index (χ1n) is 12.0. The summed E-state index contributed by atoms with van der Waals surface area (Å²) in [6.45, 7) is 4.31. The quantitative estimate of drug-likeness (QED) is 0.258. The van der Waals surface area contributed by atoms with Crippen molar-refractivity contribution >= 4 is 45.7 Å². The third kappa shape index (κ3) is 5.58. The minimum atomic E-state index is -0.142. The lowest BCUT2D eigenvalue weighted by molar-refractivity contribution is 0.0484. The molecule has 1 saturated heterocycles. The Hall–Kier alpha value is -2.88. The average Bonchev–Trinajstić information content (AvgIpc) is 3.66. The number of rotatable bonds is 9. The van der Waals surface area contributed by atoms with Gasteiger partial charge in [0.2, 0.25) is 0 Å². The Morgan fingerprint density at radius 2 is 2.11 bits per heavy atom. The average molecular weight is 523 g/mol. The van der Waals surface area contributed by atoms with Crippen LogP contribution in [0.2, 0.25) is 0 Å². The maximum atomic E-state index is 13.5. The fourth-order valence-corrected chi connectivity index (χ4v) is 5.61. The number of aryl methyl sites for hydroxylation is 1. The van der Waals surface area contributed by atoms with Crippen LogP contribution in [-0.4, -0.2) is 53.3 Å². The predicted octanol–water partition coefficient (Wildman–Crippen LogP) is 5.77. The molecule has 3 aromatic heterocycles. The van der Waals surface area contributed by atoms with E-state index in [9.17, 15) is 4.79 Å². The van der Waals surface area contributed by atoms with Crippen molar-refractivity contribution in [2.75, 3.05) is 31.4 Å². The Morgan fingerprint density at radius 1 is 1.22 bits per heavy atom. The molecule has 1 aromatic carbocycles. The molecular formula is C27H30N4O3S2. The smallest absolute Gasteiger partial charge is 0.289 e. The van der Waals surface area contributed by atoms with Crippen LogP contribution in [0.25, 0.3) is 10.9 Å². The summed E-state index contributed by atoms with van der Waals surface area (Å²) < 4.78 is 11.3. The Labute approximate surface area is 219 Å². The largest absolute Gasteiger partial charge is 0.459 e. The van der Waals surface area contributed by atoms with E-state index in [1.54, 1.807) is 35.2 Å². The van der Waals surface area contributed by atoms with Gasteiger partial charge in [-0.25, -0.2) is 9.97 Å². The second-order valence-corrected chi connectivity index (χ2v) is 11.0. The summed E-state index contributed by atoms with van der Waals surface area (Å²) in [5.74, 6) is 1.03. The van der Waals surface area contributed by atoms with Gasteiger partial charge in [-0.2, -0.15) is 0 Å². The number of nitrogens with zero attached hydrogens (tertiary/aromatic N) is 4. The first-order valence-corrected chi connectivity index (χ1v) is 14.1. The van der Waals surface area contributed by atoms with Crippen LogP contribution in [-0.2, 0) is 17.8 Å². The van der Waals surface area contributed by atoms with Crippen molar-refractivity contribution < 1.29 is 13.9 Å². The van der Waals surface area contributed by atoms with Gasteiger partial charge in [0.25, 0.3) is 5.91 Å². The lowest BCUT2D eigenvalue weighted by atomic mass is 10.1. The zero-order valence-corrected chi connectivity index (χ0v) is 22.4. The third-order valence-corrected chi connectivity index (χ3v) is 7.88. The Bertz CT molecular complexity index is 1330. The molecule has 1 atom stereocenters. The maximum Gasteiger partial charge on any atom is 0.289 e. The van der Waals surface area contributed by atoms with Crippen molar-refractivity contribution in [3.8, 4) is 0 Å². The van der Waals surface area contributed by atoms with Crippen molar-refractivity contribution in [2.24, 2.45) is 0 Å². The number of thioether (sulfide) groups is 1. The van der Waals surface area contributed by atoms with Crippen LogP contribution in [0.5, 0.6) is 0 Å². The van der Waals surface area contributed by atoms with Gasteiger partial charge in [0.05, 0.1) is 35.1 Å². The van der Waals surface area contributed by atoms with Crippen LogP contribution in [0, 0.1) is 6.92 Å². The second kappa shape index (κ2) is 11.0. The molecule has 4 heterocycles. The van der Waals surface area contributed by atoms with Crippen molar-refractivity contribution in [1.29, 1.82) is 0 Å². The number of pyridine rings is 1. The first-order chi connectivity index (χ1) is 17.5. The molecule has 188 valence electrons. The summed E-state index contributed by atoms with van der Waals surface area (Å²) in [6.07, 6.45) is 5.60. The lowest BCUT2D eigenvalue weighted by Gasteiger charge is -2.28.